The highest BCUT2D eigenvalue weighted by atomic mass is 32.2. The Morgan fingerprint density at radius 3 is 2.42 bits per heavy atom. The molecule has 0 aliphatic heterocycles. The summed E-state index contributed by atoms with van der Waals surface area (Å²) in [5, 5.41) is 12.6. The number of hydrogen-bond acceptors (Lipinski definition) is 8. The number of phenolic OH excluding ortho intramolecular Hbond substituents is 1. The molecule has 0 aliphatic carbocycles. The van der Waals surface area contributed by atoms with Gasteiger partial charge in [-0.05, 0) is 26.0 Å². The standard InChI is InChI=1S/C16H18N4O5S/c1-10(11(2)26(3,23)24)25-20-13-4-5-14(15(21)6-13)19-16(22)12-7-17-9-18-8-12/h4-9,20-21H,1-3H3,(H,19,22)/b11-10-. The normalized spacial score (nSPS) is 12.1. The Balaban J connectivity index is 2.07. The molecule has 1 aromatic carbocycles. The fraction of sp³-hybridized carbons (Fsp3) is 0.188. The molecule has 0 atom stereocenters. The van der Waals surface area contributed by atoms with Crippen molar-refractivity contribution in [3.05, 3.63) is 53.1 Å². The minimum Gasteiger partial charge on any atom is -0.506 e. The van der Waals surface area contributed by atoms with E-state index in [4.69, 9.17) is 4.84 Å². The lowest BCUT2D eigenvalue weighted by atomic mass is 10.2. The smallest absolute Gasteiger partial charge is 0.258 e. The number of nitrogens with zero attached hydrogens (tertiary/aromatic N) is 2. The molecular weight excluding hydrogens is 360 g/mol. The Bertz CT molecular complexity index is 942. The third-order valence-electron chi connectivity index (χ3n) is 3.44. The maximum Gasteiger partial charge on any atom is 0.258 e. The molecule has 0 bridgehead atoms. The molecule has 3 N–H and O–H groups in total. The first-order valence-electron chi connectivity index (χ1n) is 7.38. The molecular formula is C16H18N4O5S. The van der Waals surface area contributed by atoms with Crippen molar-refractivity contribution in [1.82, 2.24) is 9.97 Å². The van der Waals surface area contributed by atoms with Crippen molar-refractivity contribution in [1.29, 1.82) is 0 Å². The number of nitrogens with one attached hydrogen (secondary N) is 2. The SMILES string of the molecule is C/C(ONc1ccc(NC(=O)c2cncnc2)c(O)c1)=C(\C)S(C)(=O)=O. The minimum absolute atomic E-state index is 0.0863. The van der Waals surface area contributed by atoms with Crippen LogP contribution < -0.4 is 10.8 Å². The van der Waals surface area contributed by atoms with Gasteiger partial charge in [0.1, 0.15) is 17.8 Å². The van der Waals surface area contributed by atoms with E-state index in [1.54, 1.807) is 6.07 Å². The van der Waals surface area contributed by atoms with Gasteiger partial charge in [0.15, 0.2) is 9.84 Å². The highest BCUT2D eigenvalue weighted by molar-refractivity contribution is 7.94. The van der Waals surface area contributed by atoms with E-state index in [9.17, 15) is 18.3 Å². The summed E-state index contributed by atoms with van der Waals surface area (Å²) in [7, 11) is -3.35. The van der Waals surface area contributed by atoms with Crippen LogP contribution in [0.25, 0.3) is 0 Å². The molecule has 26 heavy (non-hydrogen) atoms. The summed E-state index contributed by atoms with van der Waals surface area (Å²) in [6.07, 6.45) is 5.08. The number of phenols is 1. The lowest BCUT2D eigenvalue weighted by Gasteiger charge is -2.12. The predicted molar refractivity (Wildman–Crippen MR) is 96.0 cm³/mol. The largest absolute Gasteiger partial charge is 0.506 e. The number of carbonyl (C=O) groups excluding carboxylic acids is 1. The summed E-state index contributed by atoms with van der Waals surface area (Å²) in [4.78, 5) is 24.8. The highest BCUT2D eigenvalue weighted by Gasteiger charge is 2.12. The van der Waals surface area contributed by atoms with Crippen LogP contribution in [-0.2, 0) is 14.7 Å². The number of hydrogen-bond donors (Lipinski definition) is 3. The molecule has 0 saturated carbocycles. The Morgan fingerprint density at radius 1 is 1.19 bits per heavy atom. The van der Waals surface area contributed by atoms with Crippen LogP contribution in [0.5, 0.6) is 5.75 Å². The molecule has 0 aliphatic rings. The van der Waals surface area contributed by atoms with Gasteiger partial charge in [-0.3, -0.25) is 4.79 Å². The second-order valence-electron chi connectivity index (χ2n) is 5.40. The summed E-state index contributed by atoms with van der Waals surface area (Å²) < 4.78 is 22.9. The molecule has 0 radical (unpaired) electrons. The molecule has 1 amide bonds. The lowest BCUT2D eigenvalue weighted by Crippen LogP contribution is -2.12. The number of benzene rings is 1. The summed E-state index contributed by atoms with van der Waals surface area (Å²) in [5.74, 6) is -0.501. The van der Waals surface area contributed by atoms with E-state index in [1.165, 1.54) is 44.7 Å². The van der Waals surface area contributed by atoms with E-state index in [1.807, 2.05) is 0 Å². The van der Waals surface area contributed by atoms with E-state index in [-0.39, 0.29) is 27.7 Å². The molecule has 0 fully saturated rings. The number of amides is 1. The number of aromatic hydroxyl groups is 1. The molecule has 138 valence electrons. The molecule has 2 rings (SSSR count). The molecule has 9 nitrogen and oxygen atoms in total. The van der Waals surface area contributed by atoms with Gasteiger partial charge >= 0.3 is 0 Å². The Hall–Kier alpha value is -3.14. The first kappa shape index (κ1) is 19.2. The predicted octanol–water partition coefficient (Wildman–Crippen LogP) is 2.07. The summed E-state index contributed by atoms with van der Waals surface area (Å²) >= 11 is 0. The minimum atomic E-state index is -3.35. The average Bonchev–Trinajstić information content (AvgIpc) is 2.61. The van der Waals surface area contributed by atoms with Gasteiger partial charge in [0.25, 0.3) is 5.91 Å². The summed E-state index contributed by atoms with van der Waals surface area (Å²) in [5.41, 5.74) is 3.33. The topological polar surface area (TPSA) is 131 Å². The number of allylic oxidation sites excluding steroid dienone is 2. The van der Waals surface area contributed by atoms with Gasteiger partial charge in [0.2, 0.25) is 0 Å². The monoisotopic (exact) mass is 378 g/mol. The van der Waals surface area contributed by atoms with Gasteiger partial charge in [-0.25, -0.2) is 23.9 Å². The zero-order valence-electron chi connectivity index (χ0n) is 14.3. The zero-order valence-corrected chi connectivity index (χ0v) is 15.2. The number of aromatic nitrogens is 2. The van der Waals surface area contributed by atoms with Crippen LogP contribution in [0.4, 0.5) is 11.4 Å². The highest BCUT2D eigenvalue weighted by Crippen LogP contribution is 2.27. The van der Waals surface area contributed by atoms with E-state index in [0.717, 1.165) is 6.26 Å². The quantitative estimate of drug-likeness (QED) is 0.396. The molecule has 0 unspecified atom stereocenters. The number of sulfone groups is 1. The Kier molecular flexibility index (Phi) is 5.78. The van der Waals surface area contributed by atoms with Crippen molar-refractivity contribution in [2.45, 2.75) is 13.8 Å². The number of anilines is 2. The van der Waals surface area contributed by atoms with E-state index >= 15 is 0 Å². The molecule has 0 spiro atoms. The maximum absolute atomic E-state index is 12.0. The van der Waals surface area contributed by atoms with Crippen molar-refractivity contribution < 1.29 is 23.2 Å². The van der Waals surface area contributed by atoms with Crippen LogP contribution in [0, 0.1) is 0 Å². The van der Waals surface area contributed by atoms with Crippen molar-refractivity contribution >= 4 is 27.1 Å². The lowest BCUT2D eigenvalue weighted by molar-refractivity contribution is 0.102. The maximum atomic E-state index is 12.0. The van der Waals surface area contributed by atoms with Crippen molar-refractivity contribution in [3.8, 4) is 5.75 Å². The van der Waals surface area contributed by atoms with Crippen LogP contribution in [0.15, 0.2) is 47.6 Å². The van der Waals surface area contributed by atoms with Crippen LogP contribution in [0.1, 0.15) is 24.2 Å². The second-order valence-corrected chi connectivity index (χ2v) is 7.56. The van der Waals surface area contributed by atoms with Crippen LogP contribution in [-0.4, -0.2) is 35.7 Å². The molecule has 2 aromatic rings. The van der Waals surface area contributed by atoms with Gasteiger partial charge in [0.05, 0.1) is 21.8 Å². The molecule has 1 aromatic heterocycles. The van der Waals surface area contributed by atoms with E-state index < -0.39 is 15.7 Å². The second kappa shape index (κ2) is 7.83. The van der Waals surface area contributed by atoms with Gasteiger partial charge in [-0.2, -0.15) is 0 Å². The van der Waals surface area contributed by atoms with E-state index in [2.05, 4.69) is 20.8 Å². The van der Waals surface area contributed by atoms with Crippen molar-refractivity contribution in [3.63, 3.8) is 0 Å². The first-order valence-corrected chi connectivity index (χ1v) is 9.27. The molecule has 0 saturated heterocycles. The van der Waals surface area contributed by atoms with E-state index in [0.29, 0.717) is 5.69 Å². The fourth-order valence-corrected chi connectivity index (χ4v) is 2.34. The van der Waals surface area contributed by atoms with Gasteiger partial charge in [-0.1, -0.05) is 0 Å². The number of carbonyl (C=O) groups is 1. The number of rotatable bonds is 6. The van der Waals surface area contributed by atoms with Gasteiger partial charge in [0, 0.05) is 24.7 Å². The van der Waals surface area contributed by atoms with Gasteiger partial charge in [-0.15, -0.1) is 0 Å². The zero-order chi connectivity index (χ0) is 19.3. The molecule has 1 heterocycles. The van der Waals surface area contributed by atoms with Crippen LogP contribution >= 0.6 is 0 Å². The summed E-state index contributed by atoms with van der Waals surface area (Å²) in [6.45, 7) is 2.93. The first-order chi connectivity index (χ1) is 12.2. The van der Waals surface area contributed by atoms with Gasteiger partial charge < -0.3 is 15.3 Å². The molecule has 10 heteroatoms. The third-order valence-corrected chi connectivity index (χ3v) is 4.84. The third kappa shape index (κ3) is 4.93. The Labute approximate surface area is 150 Å². The fourth-order valence-electron chi connectivity index (χ4n) is 1.78. The Morgan fingerprint density at radius 2 is 1.85 bits per heavy atom. The van der Waals surface area contributed by atoms with Crippen LogP contribution in [0.3, 0.4) is 0 Å². The average molecular weight is 378 g/mol. The van der Waals surface area contributed by atoms with Crippen molar-refractivity contribution in [2.24, 2.45) is 0 Å². The summed E-state index contributed by atoms with van der Waals surface area (Å²) in [6, 6.07) is 4.32. The van der Waals surface area contributed by atoms with Crippen molar-refractivity contribution in [2.75, 3.05) is 17.1 Å². The van der Waals surface area contributed by atoms with Crippen LogP contribution in [0.2, 0.25) is 0 Å².